The topological polar surface area (TPSA) is 84.9 Å². The number of aliphatic carboxylic acids is 1. The molecule has 1 rings (SSSR count). The number of ether oxygens (including phenoxy) is 1. The first-order valence-electron chi connectivity index (χ1n) is 10.2. The minimum atomic E-state index is -2.02. The summed E-state index contributed by atoms with van der Waals surface area (Å²) in [4.78, 5) is 23.6. The van der Waals surface area contributed by atoms with Gasteiger partial charge in [-0.25, -0.2) is 9.59 Å². The average molecular weight is 456 g/mol. The molecule has 0 aliphatic heterocycles. The van der Waals surface area contributed by atoms with Crippen molar-refractivity contribution in [1.82, 2.24) is 5.32 Å². The highest BCUT2D eigenvalue weighted by molar-refractivity contribution is 7.99. The van der Waals surface area contributed by atoms with Crippen molar-refractivity contribution < 1.29 is 23.9 Å². The maximum atomic E-state index is 12.0. The zero-order chi connectivity index (χ0) is 23.2. The molecule has 1 amide bonds. The fraction of sp³-hybridized carbons (Fsp3) is 0.636. The van der Waals surface area contributed by atoms with Crippen LogP contribution in [0.4, 0.5) is 4.79 Å². The summed E-state index contributed by atoms with van der Waals surface area (Å²) in [6.45, 7) is 16.2. The van der Waals surface area contributed by atoms with Gasteiger partial charge in [0.1, 0.15) is 11.6 Å². The molecule has 1 aromatic rings. The number of amides is 1. The van der Waals surface area contributed by atoms with Gasteiger partial charge in [0.25, 0.3) is 0 Å². The summed E-state index contributed by atoms with van der Waals surface area (Å²) in [6.07, 6.45) is -0.874. The van der Waals surface area contributed by atoms with Crippen molar-refractivity contribution in [3.05, 3.63) is 35.9 Å². The summed E-state index contributed by atoms with van der Waals surface area (Å²) < 4.78 is 11.8. The minimum Gasteiger partial charge on any atom is -0.480 e. The first-order chi connectivity index (χ1) is 13.6. The van der Waals surface area contributed by atoms with E-state index in [2.05, 4.69) is 39.2 Å². The number of thioether (sulfide) groups is 1. The Labute approximate surface area is 186 Å². The summed E-state index contributed by atoms with van der Waals surface area (Å²) in [7, 11) is -2.02. The molecule has 1 aromatic carbocycles. The molecule has 0 aromatic heterocycles. The molecule has 1 unspecified atom stereocenters. The molecule has 2 N–H and O–H groups in total. The molecule has 0 radical (unpaired) electrons. The maximum Gasteiger partial charge on any atom is 0.408 e. The molecule has 6 nitrogen and oxygen atoms in total. The lowest BCUT2D eigenvalue weighted by Gasteiger charge is -2.39. The van der Waals surface area contributed by atoms with Gasteiger partial charge in [-0.2, -0.15) is 11.8 Å². The highest BCUT2D eigenvalue weighted by Gasteiger charge is 2.39. The average Bonchev–Trinajstić information content (AvgIpc) is 2.57. The molecule has 8 heteroatoms. The van der Waals surface area contributed by atoms with Crippen LogP contribution >= 0.6 is 11.8 Å². The van der Waals surface area contributed by atoms with Crippen LogP contribution in [-0.2, 0) is 14.0 Å². The quantitative estimate of drug-likeness (QED) is 0.481. The van der Waals surface area contributed by atoms with E-state index in [4.69, 9.17) is 9.16 Å². The fourth-order valence-corrected chi connectivity index (χ4v) is 4.79. The van der Waals surface area contributed by atoms with Gasteiger partial charge in [-0.15, -0.1) is 0 Å². The second-order valence-electron chi connectivity index (χ2n) is 9.85. The van der Waals surface area contributed by atoms with E-state index in [9.17, 15) is 14.7 Å². The van der Waals surface area contributed by atoms with E-state index < -0.39 is 32.0 Å². The standard InChI is InChI=1S/C22H37NO5SSi/c1-21(2,3)27-20(26)23-17(19(24)25)14-29-15-18(16-12-10-9-11-13-16)28-30(7,8)22(4,5)6/h9-13,17-18H,14-15H2,1-8H3,(H,23,26)(H,24,25)/t17-,18?/m0/s1. The Morgan fingerprint density at radius 2 is 1.63 bits per heavy atom. The maximum absolute atomic E-state index is 12.0. The van der Waals surface area contributed by atoms with Gasteiger partial charge in [-0.3, -0.25) is 0 Å². The smallest absolute Gasteiger partial charge is 0.408 e. The second kappa shape index (κ2) is 10.7. The number of carbonyl (C=O) groups is 2. The third-order valence-electron chi connectivity index (χ3n) is 4.96. The van der Waals surface area contributed by atoms with Crippen LogP contribution in [-0.4, -0.2) is 48.6 Å². The number of carboxylic acids is 1. The Morgan fingerprint density at radius 3 is 2.10 bits per heavy atom. The highest BCUT2D eigenvalue weighted by atomic mass is 32.2. The highest BCUT2D eigenvalue weighted by Crippen LogP contribution is 2.40. The lowest BCUT2D eigenvalue weighted by Crippen LogP contribution is -2.45. The van der Waals surface area contributed by atoms with Gasteiger partial charge in [0, 0.05) is 11.5 Å². The number of hydrogen-bond acceptors (Lipinski definition) is 5. The Hall–Kier alpha value is -1.51. The summed E-state index contributed by atoms with van der Waals surface area (Å²) >= 11 is 1.45. The Kier molecular flexibility index (Phi) is 9.44. The van der Waals surface area contributed by atoms with Gasteiger partial charge < -0.3 is 19.6 Å². The van der Waals surface area contributed by atoms with Crippen molar-refractivity contribution in [2.24, 2.45) is 0 Å². The number of benzene rings is 1. The number of alkyl carbamates (subject to hydrolysis) is 1. The van der Waals surface area contributed by atoms with Crippen molar-refractivity contribution in [3.8, 4) is 0 Å². The van der Waals surface area contributed by atoms with Crippen molar-refractivity contribution >= 4 is 32.1 Å². The van der Waals surface area contributed by atoms with Crippen molar-refractivity contribution in [2.45, 2.75) is 77.4 Å². The molecule has 0 aliphatic rings. The predicted octanol–water partition coefficient (Wildman–Crippen LogP) is 5.46. The van der Waals surface area contributed by atoms with Gasteiger partial charge in [0.2, 0.25) is 0 Å². The van der Waals surface area contributed by atoms with Crippen LogP contribution in [0.3, 0.4) is 0 Å². The van der Waals surface area contributed by atoms with Crippen LogP contribution in [0.2, 0.25) is 18.1 Å². The van der Waals surface area contributed by atoms with E-state index in [1.54, 1.807) is 20.8 Å². The molecule has 30 heavy (non-hydrogen) atoms. The molecular formula is C22H37NO5SSi. The summed E-state index contributed by atoms with van der Waals surface area (Å²) in [5.74, 6) is -0.273. The van der Waals surface area contributed by atoms with Gasteiger partial charge >= 0.3 is 12.1 Å². The molecule has 0 saturated heterocycles. The Morgan fingerprint density at radius 1 is 1.07 bits per heavy atom. The van der Waals surface area contributed by atoms with E-state index >= 15 is 0 Å². The molecule has 0 fully saturated rings. The number of rotatable bonds is 9. The second-order valence-corrected chi connectivity index (χ2v) is 15.7. The number of hydrogen-bond donors (Lipinski definition) is 2. The number of nitrogens with one attached hydrogen (secondary N) is 1. The van der Waals surface area contributed by atoms with Gasteiger partial charge in [0.05, 0.1) is 6.10 Å². The van der Waals surface area contributed by atoms with E-state index in [1.165, 1.54) is 11.8 Å². The first kappa shape index (κ1) is 26.5. The largest absolute Gasteiger partial charge is 0.480 e. The third-order valence-corrected chi connectivity index (χ3v) is 10.6. The zero-order valence-corrected chi connectivity index (χ0v) is 21.3. The summed E-state index contributed by atoms with van der Waals surface area (Å²) in [5.41, 5.74) is 0.386. The monoisotopic (exact) mass is 455 g/mol. The van der Waals surface area contributed by atoms with E-state index in [1.807, 2.05) is 30.3 Å². The molecule has 0 bridgehead atoms. The van der Waals surface area contributed by atoms with Crippen LogP contribution in [0.15, 0.2) is 30.3 Å². The van der Waals surface area contributed by atoms with Gasteiger partial charge in [-0.05, 0) is 44.5 Å². The van der Waals surface area contributed by atoms with Crippen LogP contribution < -0.4 is 5.32 Å². The van der Waals surface area contributed by atoms with E-state index in [0.717, 1.165) is 5.56 Å². The van der Waals surface area contributed by atoms with Gasteiger partial charge in [0.15, 0.2) is 8.32 Å². The minimum absolute atomic E-state index is 0.0621. The molecule has 2 atom stereocenters. The lowest BCUT2D eigenvalue weighted by molar-refractivity contribution is -0.138. The van der Waals surface area contributed by atoms with Gasteiger partial charge in [-0.1, -0.05) is 51.1 Å². The summed E-state index contributed by atoms with van der Waals surface area (Å²) in [5, 5.41) is 12.0. The van der Waals surface area contributed by atoms with Crippen LogP contribution in [0.1, 0.15) is 53.2 Å². The molecular weight excluding hydrogens is 418 g/mol. The van der Waals surface area contributed by atoms with Crippen LogP contribution in [0, 0.1) is 0 Å². The molecule has 0 aliphatic carbocycles. The Bertz CT molecular complexity index is 698. The number of carboxylic acid groups (broad SMARTS) is 1. The fourth-order valence-electron chi connectivity index (χ4n) is 2.32. The lowest BCUT2D eigenvalue weighted by atomic mass is 10.1. The zero-order valence-electron chi connectivity index (χ0n) is 19.4. The normalized spacial score (nSPS) is 14.7. The van der Waals surface area contributed by atoms with E-state index in [-0.39, 0.29) is 16.9 Å². The molecule has 170 valence electrons. The SMILES string of the molecule is CC(C)(C)OC(=O)N[C@@H](CSCC(O[Si](C)(C)C(C)(C)C)c1ccccc1)C(=O)O. The van der Waals surface area contributed by atoms with Crippen molar-refractivity contribution in [1.29, 1.82) is 0 Å². The molecule has 0 spiro atoms. The van der Waals surface area contributed by atoms with E-state index in [0.29, 0.717) is 5.75 Å². The Balaban J connectivity index is 2.82. The third kappa shape index (κ3) is 9.10. The molecule has 0 saturated carbocycles. The van der Waals surface area contributed by atoms with Crippen LogP contribution in [0.5, 0.6) is 0 Å². The van der Waals surface area contributed by atoms with Crippen molar-refractivity contribution in [2.75, 3.05) is 11.5 Å². The van der Waals surface area contributed by atoms with Crippen LogP contribution in [0.25, 0.3) is 0 Å². The number of carbonyl (C=O) groups excluding carboxylic acids is 1. The molecule has 0 heterocycles. The first-order valence-corrected chi connectivity index (χ1v) is 14.2. The predicted molar refractivity (Wildman–Crippen MR) is 126 cm³/mol. The summed E-state index contributed by atoms with van der Waals surface area (Å²) in [6, 6.07) is 8.95. The van der Waals surface area contributed by atoms with Crippen molar-refractivity contribution in [3.63, 3.8) is 0 Å².